The zero-order chi connectivity index (χ0) is 24.1. The number of rotatable bonds is 7. The summed E-state index contributed by atoms with van der Waals surface area (Å²) in [5.41, 5.74) is 0.584. The monoisotopic (exact) mass is 477 g/mol. The lowest BCUT2D eigenvalue weighted by molar-refractivity contribution is 0.297. The van der Waals surface area contributed by atoms with Crippen molar-refractivity contribution >= 4 is 39.9 Å². The molecule has 3 nitrogen and oxygen atoms in total. The van der Waals surface area contributed by atoms with Crippen molar-refractivity contribution in [2.24, 2.45) is 0 Å². The molecule has 35 heavy (non-hydrogen) atoms. The molecule has 0 aliphatic rings. The van der Waals surface area contributed by atoms with Gasteiger partial charge in [-0.3, -0.25) is 0 Å². The molecule has 0 bridgehead atoms. The second-order valence-electron chi connectivity index (χ2n) is 8.14. The molecule has 4 aromatic carbocycles. The van der Waals surface area contributed by atoms with Crippen molar-refractivity contribution in [3.05, 3.63) is 143 Å². The Balaban J connectivity index is 1.86. The molecule has 0 amide bonds. The van der Waals surface area contributed by atoms with Crippen LogP contribution in [0.25, 0.3) is 16.7 Å². The van der Waals surface area contributed by atoms with Crippen molar-refractivity contribution in [2.45, 2.75) is 6.92 Å². The molecule has 0 aliphatic carbocycles. The fourth-order valence-electron chi connectivity index (χ4n) is 4.41. The summed E-state index contributed by atoms with van der Waals surface area (Å²) in [6.45, 7) is 2.36. The highest BCUT2D eigenvalue weighted by molar-refractivity contribution is 7.98. The maximum Gasteiger partial charge on any atom is 0.347 e. The first kappa shape index (κ1) is 22.8. The van der Waals surface area contributed by atoms with Crippen molar-refractivity contribution in [1.82, 2.24) is 0 Å². The largest absolute Gasteiger partial charge is 0.489 e. The smallest absolute Gasteiger partial charge is 0.347 e. The number of fused-ring (bicyclic) bond motifs is 1. The van der Waals surface area contributed by atoms with Gasteiger partial charge in [0.1, 0.15) is 40.1 Å². The summed E-state index contributed by atoms with van der Waals surface area (Å²) >= 11 is 0. The molecule has 0 saturated heterocycles. The Kier molecular flexibility index (Phi) is 6.61. The lowest BCUT2D eigenvalue weighted by atomic mass is 10.1. The molecule has 5 aromatic rings. The van der Waals surface area contributed by atoms with Crippen LogP contribution in [0.5, 0.6) is 0 Å². The number of hydrogen-bond acceptors (Lipinski definition) is 3. The highest BCUT2D eigenvalue weighted by Gasteiger charge is 2.45. The Morgan fingerprint density at radius 3 is 1.74 bits per heavy atom. The van der Waals surface area contributed by atoms with E-state index >= 15 is 0 Å². The number of para-hydroxylation sites is 1. The lowest BCUT2D eigenvalue weighted by Crippen LogP contribution is -2.30. The standard InChI is InChI=1S/C31H26O3P/c1-2-33-30(28-22-24-14-12-13-21-29(24)34-31(28)32)23-35(25-15-6-3-7-16-25,26-17-8-4-9-18-26)27-19-10-5-11-20-27/h3-23H,2H2,1H3/q+1/b30-23-. The van der Waals surface area contributed by atoms with E-state index in [9.17, 15) is 4.79 Å². The third-order valence-electron chi connectivity index (χ3n) is 6.01. The third-order valence-corrected chi connectivity index (χ3v) is 9.97. The van der Waals surface area contributed by atoms with E-state index in [2.05, 4.69) is 78.6 Å². The number of ether oxygens (including phenoxy) is 1. The van der Waals surface area contributed by atoms with Crippen molar-refractivity contribution in [3.63, 3.8) is 0 Å². The van der Waals surface area contributed by atoms with Gasteiger partial charge in [0.15, 0.2) is 5.76 Å². The van der Waals surface area contributed by atoms with Crippen molar-refractivity contribution in [2.75, 3.05) is 6.61 Å². The maximum absolute atomic E-state index is 13.2. The predicted octanol–water partition coefficient (Wildman–Crippen LogP) is 6.12. The van der Waals surface area contributed by atoms with E-state index in [0.717, 1.165) is 5.39 Å². The molecule has 0 saturated carbocycles. The van der Waals surface area contributed by atoms with Crippen LogP contribution >= 0.6 is 7.26 Å². The summed E-state index contributed by atoms with van der Waals surface area (Å²) < 4.78 is 11.9. The summed E-state index contributed by atoms with van der Waals surface area (Å²) in [6, 6.07) is 40.9. The average Bonchev–Trinajstić information content (AvgIpc) is 2.92. The van der Waals surface area contributed by atoms with E-state index in [1.165, 1.54) is 15.9 Å². The summed E-state index contributed by atoms with van der Waals surface area (Å²) in [4.78, 5) is 13.2. The molecule has 0 fully saturated rings. The molecule has 0 aliphatic heterocycles. The molecule has 0 spiro atoms. The Labute approximate surface area is 205 Å². The van der Waals surface area contributed by atoms with E-state index in [0.29, 0.717) is 23.5 Å². The first-order chi connectivity index (χ1) is 17.2. The van der Waals surface area contributed by atoms with Gasteiger partial charge in [-0.2, -0.15) is 0 Å². The SMILES string of the molecule is CCO/C(=C\[P+](c1ccccc1)(c1ccccc1)c1ccccc1)c1cc2ccccc2oc1=O. The van der Waals surface area contributed by atoms with Crippen LogP contribution in [0.4, 0.5) is 0 Å². The number of hydrogen-bond donors (Lipinski definition) is 0. The summed E-state index contributed by atoms with van der Waals surface area (Å²) in [5, 5.41) is 4.40. The van der Waals surface area contributed by atoms with Gasteiger partial charge in [0.2, 0.25) is 0 Å². The highest BCUT2D eigenvalue weighted by atomic mass is 31.2. The Morgan fingerprint density at radius 2 is 1.23 bits per heavy atom. The highest BCUT2D eigenvalue weighted by Crippen LogP contribution is 2.58. The molecule has 172 valence electrons. The molecule has 5 rings (SSSR count). The van der Waals surface area contributed by atoms with E-state index in [1.54, 1.807) is 6.07 Å². The van der Waals surface area contributed by atoms with Gasteiger partial charge in [0.05, 0.1) is 6.61 Å². The van der Waals surface area contributed by atoms with Gasteiger partial charge in [-0.25, -0.2) is 4.79 Å². The van der Waals surface area contributed by atoms with Crippen LogP contribution in [0.15, 0.2) is 136 Å². The van der Waals surface area contributed by atoms with Gasteiger partial charge in [-0.15, -0.1) is 0 Å². The fraction of sp³-hybridized carbons (Fsp3) is 0.0645. The summed E-state index contributed by atoms with van der Waals surface area (Å²) in [5.74, 6) is 2.72. The fourth-order valence-corrected chi connectivity index (χ4v) is 8.24. The van der Waals surface area contributed by atoms with Crippen LogP contribution in [0.2, 0.25) is 0 Å². The van der Waals surface area contributed by atoms with Crippen LogP contribution in [0, 0.1) is 0 Å². The topological polar surface area (TPSA) is 39.4 Å². The summed E-state index contributed by atoms with van der Waals surface area (Å²) in [6.07, 6.45) is 0. The quantitative estimate of drug-likeness (QED) is 0.161. The van der Waals surface area contributed by atoms with Gasteiger partial charge in [-0.05, 0) is 55.5 Å². The van der Waals surface area contributed by atoms with Gasteiger partial charge >= 0.3 is 5.63 Å². The van der Waals surface area contributed by atoms with Gasteiger partial charge in [0.25, 0.3) is 0 Å². The second-order valence-corrected chi connectivity index (χ2v) is 11.4. The van der Waals surface area contributed by atoms with E-state index in [4.69, 9.17) is 9.15 Å². The van der Waals surface area contributed by atoms with E-state index in [1.807, 2.05) is 49.4 Å². The number of benzene rings is 4. The average molecular weight is 478 g/mol. The lowest BCUT2D eigenvalue weighted by Gasteiger charge is -2.25. The van der Waals surface area contributed by atoms with Crippen LogP contribution in [-0.4, -0.2) is 6.61 Å². The van der Waals surface area contributed by atoms with Crippen LogP contribution in [0.3, 0.4) is 0 Å². The molecular weight excluding hydrogens is 451 g/mol. The van der Waals surface area contributed by atoms with Crippen molar-refractivity contribution < 1.29 is 9.15 Å². The van der Waals surface area contributed by atoms with Crippen molar-refractivity contribution in [1.29, 1.82) is 0 Å². The maximum atomic E-state index is 13.2. The minimum absolute atomic E-state index is 0.407. The van der Waals surface area contributed by atoms with E-state index < -0.39 is 12.9 Å². The van der Waals surface area contributed by atoms with Crippen LogP contribution in [-0.2, 0) is 4.74 Å². The zero-order valence-corrected chi connectivity index (χ0v) is 20.4. The molecule has 1 aromatic heterocycles. The Hall–Kier alpha value is -3.94. The molecular formula is C31H26O3P+. The second kappa shape index (κ2) is 10.1. The zero-order valence-electron chi connectivity index (χ0n) is 19.5. The first-order valence-corrected chi connectivity index (χ1v) is 13.5. The summed E-state index contributed by atoms with van der Waals surface area (Å²) in [7, 11) is -2.35. The van der Waals surface area contributed by atoms with Crippen LogP contribution < -0.4 is 21.5 Å². The van der Waals surface area contributed by atoms with E-state index in [-0.39, 0.29) is 0 Å². The Morgan fingerprint density at radius 1 is 0.743 bits per heavy atom. The van der Waals surface area contributed by atoms with Crippen molar-refractivity contribution in [3.8, 4) is 0 Å². The van der Waals surface area contributed by atoms with Gasteiger partial charge in [-0.1, -0.05) is 72.8 Å². The first-order valence-electron chi connectivity index (χ1n) is 11.7. The minimum atomic E-state index is -2.35. The predicted molar refractivity (Wildman–Crippen MR) is 147 cm³/mol. The van der Waals surface area contributed by atoms with Gasteiger partial charge < -0.3 is 9.15 Å². The van der Waals surface area contributed by atoms with Gasteiger partial charge in [0, 0.05) is 5.39 Å². The molecule has 0 unspecified atom stereocenters. The molecule has 0 atom stereocenters. The minimum Gasteiger partial charge on any atom is -0.489 e. The molecule has 4 heteroatoms. The Bertz CT molecular complexity index is 1410. The molecule has 0 radical (unpaired) electrons. The van der Waals surface area contributed by atoms with Crippen LogP contribution in [0.1, 0.15) is 12.5 Å². The normalized spacial score (nSPS) is 12.0. The molecule has 0 N–H and O–H groups in total. The third kappa shape index (κ3) is 4.43. The molecule has 1 heterocycles.